The van der Waals surface area contributed by atoms with Gasteiger partial charge in [-0.25, -0.2) is 0 Å². The molecule has 28 heavy (non-hydrogen) atoms. The Labute approximate surface area is 169 Å². The number of benzene rings is 3. The Morgan fingerprint density at radius 1 is 0.893 bits per heavy atom. The molecule has 1 unspecified atom stereocenters. The van der Waals surface area contributed by atoms with E-state index in [4.69, 9.17) is 17.0 Å². The molecule has 4 rings (SSSR count). The maximum Gasteiger partial charge on any atom is 0.264 e. The molecule has 0 radical (unpaired) electrons. The Morgan fingerprint density at radius 2 is 1.39 bits per heavy atom. The highest BCUT2D eigenvalue weighted by Gasteiger charge is 2.53. The van der Waals surface area contributed by atoms with Crippen molar-refractivity contribution in [2.24, 2.45) is 0 Å². The monoisotopic (exact) mass is 389 g/mol. The minimum atomic E-state index is -1.12. The Balaban J connectivity index is 1.82. The van der Waals surface area contributed by atoms with Crippen molar-refractivity contribution in [3.05, 3.63) is 107 Å². The smallest absolute Gasteiger partial charge is 0.264 e. The summed E-state index contributed by atoms with van der Waals surface area (Å²) in [6, 6.07) is 26.2. The highest BCUT2D eigenvalue weighted by Crippen LogP contribution is 2.39. The predicted molar refractivity (Wildman–Crippen MR) is 111 cm³/mol. The molecular formula is C23H20ClN3O. The fraction of sp³-hybridized carbons (Fsp3) is 0.130. The summed E-state index contributed by atoms with van der Waals surface area (Å²) >= 11 is 6.00. The molecule has 0 aromatic heterocycles. The molecule has 3 aromatic rings. The molecule has 140 valence electrons. The summed E-state index contributed by atoms with van der Waals surface area (Å²) in [5, 5.41) is 12.4. The quantitative estimate of drug-likeness (QED) is 0.678. The number of amides is 1. The van der Waals surface area contributed by atoms with Crippen LogP contribution in [0.2, 0.25) is 5.02 Å². The van der Waals surface area contributed by atoms with Crippen molar-refractivity contribution in [1.29, 1.82) is 5.41 Å². The van der Waals surface area contributed by atoms with Gasteiger partial charge < -0.3 is 5.32 Å². The van der Waals surface area contributed by atoms with E-state index in [-0.39, 0.29) is 17.9 Å². The molecule has 0 spiro atoms. The van der Waals surface area contributed by atoms with Crippen LogP contribution >= 0.6 is 11.6 Å². The summed E-state index contributed by atoms with van der Waals surface area (Å²) in [6.07, 6.45) is 0. The first-order chi connectivity index (χ1) is 13.5. The third kappa shape index (κ3) is 2.86. The van der Waals surface area contributed by atoms with Crippen LogP contribution < -0.4 is 5.32 Å². The van der Waals surface area contributed by atoms with Crippen molar-refractivity contribution >= 4 is 23.5 Å². The average molecular weight is 390 g/mol. The van der Waals surface area contributed by atoms with Gasteiger partial charge in [0.05, 0.1) is 6.04 Å². The molecule has 1 saturated heterocycles. The van der Waals surface area contributed by atoms with Crippen LogP contribution in [0.5, 0.6) is 0 Å². The van der Waals surface area contributed by atoms with Gasteiger partial charge in [-0.3, -0.25) is 15.1 Å². The van der Waals surface area contributed by atoms with E-state index in [0.717, 1.165) is 16.7 Å². The lowest BCUT2D eigenvalue weighted by molar-refractivity contribution is -0.131. The van der Waals surface area contributed by atoms with E-state index >= 15 is 0 Å². The Morgan fingerprint density at radius 3 is 1.89 bits per heavy atom. The van der Waals surface area contributed by atoms with Gasteiger partial charge in [0, 0.05) is 5.02 Å². The van der Waals surface area contributed by atoms with Gasteiger partial charge >= 0.3 is 0 Å². The van der Waals surface area contributed by atoms with Gasteiger partial charge in [-0.05, 0) is 35.7 Å². The van der Waals surface area contributed by atoms with Gasteiger partial charge in [0.1, 0.15) is 0 Å². The molecule has 0 bridgehead atoms. The molecule has 4 nitrogen and oxygen atoms in total. The van der Waals surface area contributed by atoms with E-state index in [9.17, 15) is 4.79 Å². The summed E-state index contributed by atoms with van der Waals surface area (Å²) in [4.78, 5) is 15.3. The highest BCUT2D eigenvalue weighted by molar-refractivity contribution is 6.30. The largest absolute Gasteiger partial charge is 0.334 e. The zero-order valence-corrected chi connectivity index (χ0v) is 16.1. The number of nitrogens with one attached hydrogen (secondary N) is 2. The van der Waals surface area contributed by atoms with Crippen LogP contribution in [0.3, 0.4) is 0 Å². The number of nitrogens with zero attached hydrogens (tertiary/aromatic N) is 1. The fourth-order valence-electron chi connectivity index (χ4n) is 3.77. The van der Waals surface area contributed by atoms with Crippen molar-refractivity contribution in [2.45, 2.75) is 18.5 Å². The molecule has 2 N–H and O–H groups in total. The van der Waals surface area contributed by atoms with E-state index < -0.39 is 5.54 Å². The summed E-state index contributed by atoms with van der Waals surface area (Å²) in [5.74, 6) is -0.0856. The Bertz CT molecular complexity index is 964. The van der Waals surface area contributed by atoms with E-state index in [0.29, 0.717) is 5.02 Å². The van der Waals surface area contributed by atoms with Crippen LogP contribution in [0.4, 0.5) is 0 Å². The first-order valence-electron chi connectivity index (χ1n) is 9.11. The minimum absolute atomic E-state index is 0.0835. The number of hydrogen-bond acceptors (Lipinski definition) is 2. The topological polar surface area (TPSA) is 56.2 Å². The standard InChI is InChI=1S/C23H20ClN3O/c1-16(17-12-14-20(24)15-13-17)27-21(28)23(26-22(27)25,18-8-4-2-5-9-18)19-10-6-3-7-11-19/h2-16H,1H3,(H2,25,26). The van der Waals surface area contributed by atoms with Crippen LogP contribution in [-0.4, -0.2) is 16.8 Å². The number of halogens is 1. The fourth-order valence-corrected chi connectivity index (χ4v) is 3.89. The van der Waals surface area contributed by atoms with Crippen molar-refractivity contribution in [3.8, 4) is 0 Å². The zero-order valence-electron chi connectivity index (χ0n) is 15.4. The van der Waals surface area contributed by atoms with Gasteiger partial charge in [0.25, 0.3) is 5.91 Å². The third-order valence-corrected chi connectivity index (χ3v) is 5.49. The number of carbonyl (C=O) groups is 1. The van der Waals surface area contributed by atoms with Crippen LogP contribution in [0.25, 0.3) is 0 Å². The number of guanidine groups is 1. The van der Waals surface area contributed by atoms with Crippen molar-refractivity contribution < 1.29 is 4.79 Å². The molecule has 1 aliphatic rings. The molecule has 1 fully saturated rings. The van der Waals surface area contributed by atoms with Crippen molar-refractivity contribution in [2.75, 3.05) is 0 Å². The lowest BCUT2D eigenvalue weighted by Crippen LogP contribution is -2.45. The molecule has 1 aliphatic heterocycles. The summed E-state index contributed by atoms with van der Waals surface area (Å²) in [6.45, 7) is 1.92. The highest BCUT2D eigenvalue weighted by atomic mass is 35.5. The second-order valence-electron chi connectivity index (χ2n) is 6.86. The number of hydrogen-bond donors (Lipinski definition) is 2. The van der Waals surface area contributed by atoms with Crippen LogP contribution in [0, 0.1) is 5.41 Å². The molecule has 0 saturated carbocycles. The molecule has 0 aliphatic carbocycles. The molecule has 3 aromatic carbocycles. The van der Waals surface area contributed by atoms with Gasteiger partial charge in [0.15, 0.2) is 11.5 Å². The molecule has 1 heterocycles. The molecule has 5 heteroatoms. The zero-order chi connectivity index (χ0) is 19.7. The molecule has 1 atom stereocenters. The summed E-state index contributed by atoms with van der Waals surface area (Å²) in [5.41, 5.74) is 1.41. The Hall–Kier alpha value is -3.11. The SMILES string of the molecule is CC(c1ccc(Cl)cc1)N1C(=N)NC(c2ccccc2)(c2ccccc2)C1=O. The Kier molecular flexibility index (Phi) is 4.65. The third-order valence-electron chi connectivity index (χ3n) is 5.24. The maximum absolute atomic E-state index is 13.8. The number of rotatable bonds is 4. The van der Waals surface area contributed by atoms with Crippen LogP contribution in [0.15, 0.2) is 84.9 Å². The lowest BCUT2D eigenvalue weighted by Gasteiger charge is -2.29. The maximum atomic E-state index is 13.8. The average Bonchev–Trinajstić information content (AvgIpc) is 3.00. The van der Waals surface area contributed by atoms with E-state index in [2.05, 4.69) is 5.32 Å². The van der Waals surface area contributed by atoms with Gasteiger partial charge in [-0.2, -0.15) is 0 Å². The van der Waals surface area contributed by atoms with Gasteiger partial charge in [-0.15, -0.1) is 0 Å². The summed E-state index contributed by atoms with van der Waals surface area (Å²) in [7, 11) is 0. The predicted octanol–water partition coefficient (Wildman–Crippen LogP) is 4.71. The van der Waals surface area contributed by atoms with Gasteiger partial charge in [0.2, 0.25) is 0 Å². The van der Waals surface area contributed by atoms with Crippen molar-refractivity contribution in [3.63, 3.8) is 0 Å². The first kappa shape index (κ1) is 18.3. The lowest BCUT2D eigenvalue weighted by atomic mass is 9.82. The van der Waals surface area contributed by atoms with E-state index in [1.165, 1.54) is 4.90 Å². The number of carbonyl (C=O) groups excluding carboxylic acids is 1. The molecule has 1 amide bonds. The second-order valence-corrected chi connectivity index (χ2v) is 7.29. The molecular weight excluding hydrogens is 370 g/mol. The summed E-state index contributed by atoms with van der Waals surface area (Å²) < 4.78 is 0. The van der Waals surface area contributed by atoms with E-state index in [1.54, 1.807) is 12.1 Å². The normalized spacial score (nSPS) is 16.7. The van der Waals surface area contributed by atoms with Gasteiger partial charge in [-0.1, -0.05) is 84.4 Å². The first-order valence-corrected chi connectivity index (χ1v) is 9.49. The van der Waals surface area contributed by atoms with Crippen molar-refractivity contribution in [1.82, 2.24) is 10.2 Å². The van der Waals surface area contributed by atoms with Crippen LogP contribution in [-0.2, 0) is 10.3 Å². The second kappa shape index (κ2) is 7.13. The van der Waals surface area contributed by atoms with Crippen LogP contribution in [0.1, 0.15) is 29.7 Å². The van der Waals surface area contributed by atoms with E-state index in [1.807, 2.05) is 79.7 Å². The minimum Gasteiger partial charge on any atom is -0.334 e.